The summed E-state index contributed by atoms with van der Waals surface area (Å²) in [6.07, 6.45) is 5.32. The Morgan fingerprint density at radius 1 is 0.972 bits per heavy atom. The monoisotopic (exact) mass is 480 g/mol. The normalized spacial score (nSPS) is 13.4. The summed E-state index contributed by atoms with van der Waals surface area (Å²) < 4.78 is 7.29. The number of rotatable bonds is 5. The summed E-state index contributed by atoms with van der Waals surface area (Å²) in [5.41, 5.74) is 8.70. The van der Waals surface area contributed by atoms with E-state index in [2.05, 4.69) is 20.9 Å². The molecule has 1 aliphatic rings. The molecule has 9 heteroatoms. The molecule has 180 valence electrons. The number of fused-ring (bicyclic) bond motifs is 2. The number of hydrogen-bond acceptors (Lipinski definition) is 6. The van der Waals surface area contributed by atoms with Gasteiger partial charge in [-0.1, -0.05) is 18.2 Å². The highest BCUT2D eigenvalue weighted by Gasteiger charge is 2.28. The van der Waals surface area contributed by atoms with Crippen molar-refractivity contribution >= 4 is 33.8 Å². The maximum absolute atomic E-state index is 13.3. The lowest BCUT2D eigenvalue weighted by molar-refractivity contribution is 0.0848. The Morgan fingerprint density at radius 2 is 1.72 bits per heavy atom. The van der Waals surface area contributed by atoms with Crippen LogP contribution in [0.2, 0.25) is 0 Å². The lowest BCUT2D eigenvalue weighted by Crippen LogP contribution is -2.41. The molecule has 0 spiro atoms. The van der Waals surface area contributed by atoms with Crippen LogP contribution in [0.5, 0.6) is 0 Å². The summed E-state index contributed by atoms with van der Waals surface area (Å²) >= 11 is 0. The van der Waals surface area contributed by atoms with E-state index in [9.17, 15) is 9.59 Å². The number of hydrogen-bond donors (Lipinski definition) is 2. The number of carbonyl (C=O) groups is 2. The zero-order chi connectivity index (χ0) is 24.8. The second-order valence-electron chi connectivity index (χ2n) is 9.25. The van der Waals surface area contributed by atoms with E-state index in [0.717, 1.165) is 18.5 Å². The maximum Gasteiger partial charge on any atom is 0.270 e. The third-order valence-electron chi connectivity index (χ3n) is 6.34. The van der Waals surface area contributed by atoms with Crippen molar-refractivity contribution < 1.29 is 14.0 Å². The van der Waals surface area contributed by atoms with Crippen LogP contribution in [0, 0.1) is 0 Å². The van der Waals surface area contributed by atoms with Gasteiger partial charge >= 0.3 is 0 Å². The van der Waals surface area contributed by atoms with Gasteiger partial charge in [0.25, 0.3) is 11.8 Å². The standard InChI is InChI=1S/C27H24N6O3/c1-15(2)33-25-20(14-28-33)19(12-22(30-25)16-9-10-16)27(35)32-31-26(34)18-13-23(24-8-5-11-36-24)29-21-7-4-3-6-17(18)21/h3-8,11-16H,9-10H2,1-2H3,(H,31,34)(H,32,35). The molecule has 0 radical (unpaired) electrons. The maximum atomic E-state index is 13.3. The van der Waals surface area contributed by atoms with Crippen LogP contribution >= 0.6 is 0 Å². The van der Waals surface area contributed by atoms with Gasteiger partial charge in [-0.3, -0.25) is 20.4 Å². The van der Waals surface area contributed by atoms with Gasteiger partial charge in [0.2, 0.25) is 0 Å². The molecule has 2 amide bonds. The van der Waals surface area contributed by atoms with Crippen LogP contribution in [0.15, 0.2) is 65.4 Å². The summed E-state index contributed by atoms with van der Waals surface area (Å²) in [4.78, 5) is 35.9. The number of nitrogens with zero attached hydrogens (tertiary/aromatic N) is 4. The van der Waals surface area contributed by atoms with Gasteiger partial charge in [0, 0.05) is 23.0 Å². The Bertz CT molecular complexity index is 1620. The molecule has 0 unspecified atom stereocenters. The molecule has 5 aromatic rings. The van der Waals surface area contributed by atoms with Crippen molar-refractivity contribution in [1.82, 2.24) is 30.6 Å². The topological polar surface area (TPSA) is 115 Å². The number of hydrazine groups is 1. The van der Waals surface area contributed by atoms with Crippen molar-refractivity contribution in [3.8, 4) is 11.5 Å². The smallest absolute Gasteiger partial charge is 0.270 e. The number of carbonyl (C=O) groups excluding carboxylic acids is 2. The highest BCUT2D eigenvalue weighted by molar-refractivity contribution is 6.10. The SMILES string of the molecule is CC(C)n1ncc2c(C(=O)NNC(=O)c3cc(-c4ccco4)nc4ccccc34)cc(C3CC3)nc21. The summed E-state index contributed by atoms with van der Waals surface area (Å²) in [5.74, 6) is 0.0213. The van der Waals surface area contributed by atoms with Crippen molar-refractivity contribution in [2.75, 3.05) is 0 Å². The summed E-state index contributed by atoms with van der Waals surface area (Å²) in [6.45, 7) is 4.04. The van der Waals surface area contributed by atoms with Crippen LogP contribution in [0.25, 0.3) is 33.4 Å². The number of para-hydroxylation sites is 1. The van der Waals surface area contributed by atoms with E-state index in [4.69, 9.17) is 9.40 Å². The van der Waals surface area contributed by atoms with Crippen molar-refractivity contribution in [2.45, 2.75) is 38.6 Å². The highest BCUT2D eigenvalue weighted by atomic mass is 16.3. The van der Waals surface area contributed by atoms with Gasteiger partial charge < -0.3 is 4.42 Å². The van der Waals surface area contributed by atoms with Crippen LogP contribution < -0.4 is 10.9 Å². The number of benzene rings is 1. The van der Waals surface area contributed by atoms with E-state index in [1.54, 1.807) is 30.7 Å². The van der Waals surface area contributed by atoms with Crippen LogP contribution in [0.1, 0.15) is 65.1 Å². The Morgan fingerprint density at radius 3 is 2.42 bits per heavy atom. The van der Waals surface area contributed by atoms with E-state index < -0.39 is 11.8 Å². The first-order valence-corrected chi connectivity index (χ1v) is 11.9. The van der Waals surface area contributed by atoms with Gasteiger partial charge in [-0.2, -0.15) is 5.10 Å². The van der Waals surface area contributed by atoms with Gasteiger partial charge in [0.1, 0.15) is 5.69 Å². The number of nitrogens with one attached hydrogen (secondary N) is 2. The fourth-order valence-corrected chi connectivity index (χ4v) is 4.35. The minimum Gasteiger partial charge on any atom is -0.463 e. The number of furan rings is 1. The lowest BCUT2D eigenvalue weighted by Gasteiger charge is -2.12. The molecule has 4 heterocycles. The molecule has 1 aliphatic carbocycles. The predicted molar refractivity (Wildman–Crippen MR) is 134 cm³/mol. The van der Waals surface area contributed by atoms with Crippen LogP contribution in [0.4, 0.5) is 0 Å². The molecule has 0 aliphatic heterocycles. The van der Waals surface area contributed by atoms with Gasteiger partial charge in [-0.05, 0) is 57.0 Å². The minimum atomic E-state index is -0.458. The molecule has 1 saturated carbocycles. The second kappa shape index (κ2) is 8.60. The first-order chi connectivity index (χ1) is 17.5. The van der Waals surface area contributed by atoms with Crippen LogP contribution in [-0.2, 0) is 0 Å². The minimum absolute atomic E-state index is 0.100. The molecule has 0 atom stereocenters. The summed E-state index contributed by atoms with van der Waals surface area (Å²) in [7, 11) is 0. The molecule has 0 saturated heterocycles. The van der Waals surface area contributed by atoms with E-state index >= 15 is 0 Å². The Labute approximate surface area is 206 Å². The molecule has 4 aromatic heterocycles. The third kappa shape index (κ3) is 3.88. The highest BCUT2D eigenvalue weighted by Crippen LogP contribution is 2.40. The van der Waals surface area contributed by atoms with E-state index in [1.807, 2.05) is 48.9 Å². The zero-order valence-corrected chi connectivity index (χ0v) is 19.9. The molecule has 6 rings (SSSR count). The largest absolute Gasteiger partial charge is 0.463 e. The fourth-order valence-electron chi connectivity index (χ4n) is 4.35. The van der Waals surface area contributed by atoms with Gasteiger partial charge in [0.15, 0.2) is 11.4 Å². The van der Waals surface area contributed by atoms with Gasteiger partial charge in [-0.25, -0.2) is 14.6 Å². The lowest BCUT2D eigenvalue weighted by atomic mass is 10.1. The van der Waals surface area contributed by atoms with Crippen molar-refractivity contribution in [2.24, 2.45) is 0 Å². The van der Waals surface area contributed by atoms with Crippen LogP contribution in [-0.4, -0.2) is 31.6 Å². The zero-order valence-electron chi connectivity index (χ0n) is 19.9. The molecule has 9 nitrogen and oxygen atoms in total. The Hall–Kier alpha value is -4.53. The van der Waals surface area contributed by atoms with E-state index in [0.29, 0.717) is 50.4 Å². The quantitative estimate of drug-likeness (QED) is 0.350. The number of amides is 2. The average Bonchev–Trinajstić information content (AvgIpc) is 3.41. The Kier molecular flexibility index (Phi) is 5.25. The molecule has 36 heavy (non-hydrogen) atoms. The summed E-state index contributed by atoms with van der Waals surface area (Å²) in [6, 6.07) is 14.5. The first kappa shape index (κ1) is 22.0. The first-order valence-electron chi connectivity index (χ1n) is 11.9. The average molecular weight is 481 g/mol. The molecule has 2 N–H and O–H groups in total. The molecular weight excluding hydrogens is 456 g/mol. The third-order valence-corrected chi connectivity index (χ3v) is 6.34. The van der Waals surface area contributed by atoms with Gasteiger partial charge in [0.05, 0.1) is 34.5 Å². The predicted octanol–water partition coefficient (Wildman–Crippen LogP) is 4.77. The number of pyridine rings is 2. The fraction of sp³-hybridized carbons (Fsp3) is 0.222. The molecule has 1 fully saturated rings. The summed E-state index contributed by atoms with van der Waals surface area (Å²) in [5, 5.41) is 5.76. The second-order valence-corrected chi connectivity index (χ2v) is 9.25. The molecule has 1 aromatic carbocycles. The van der Waals surface area contributed by atoms with Crippen molar-refractivity contribution in [3.63, 3.8) is 0 Å². The van der Waals surface area contributed by atoms with Crippen molar-refractivity contribution in [3.05, 3.63) is 77.8 Å². The van der Waals surface area contributed by atoms with Gasteiger partial charge in [-0.15, -0.1) is 0 Å². The van der Waals surface area contributed by atoms with Crippen molar-refractivity contribution in [1.29, 1.82) is 0 Å². The van der Waals surface area contributed by atoms with Crippen LogP contribution in [0.3, 0.4) is 0 Å². The number of aromatic nitrogens is 4. The Balaban J connectivity index is 1.31. The molecule has 0 bridgehead atoms. The molecular formula is C27H24N6O3. The van der Waals surface area contributed by atoms with E-state index in [-0.39, 0.29) is 6.04 Å². The van der Waals surface area contributed by atoms with E-state index in [1.165, 1.54) is 0 Å².